The van der Waals surface area contributed by atoms with Crippen LogP contribution >= 0.6 is 11.3 Å². The van der Waals surface area contributed by atoms with Crippen LogP contribution in [-0.2, 0) is 47.7 Å². The molecule has 1 aliphatic rings. The average Bonchev–Trinajstić information content (AvgIpc) is 3.22. The first-order chi connectivity index (χ1) is 15.6. The van der Waals surface area contributed by atoms with Crippen LogP contribution in [-0.4, -0.2) is 66.8 Å². The lowest BCUT2D eigenvalue weighted by Crippen LogP contribution is -2.62. The zero-order valence-electron chi connectivity index (χ0n) is 18.7. The van der Waals surface area contributed by atoms with Gasteiger partial charge in [0.05, 0.1) is 0 Å². The van der Waals surface area contributed by atoms with E-state index in [1.165, 1.54) is 24.3 Å². The van der Waals surface area contributed by atoms with Crippen LogP contribution < -0.4 is 0 Å². The Balaban J connectivity index is 2.35. The van der Waals surface area contributed by atoms with Crippen molar-refractivity contribution in [1.29, 1.82) is 0 Å². The summed E-state index contributed by atoms with van der Waals surface area (Å²) in [6.45, 7) is 4.26. The fraction of sp³-hybridized carbons (Fsp3) is 0.500. The van der Waals surface area contributed by atoms with Crippen molar-refractivity contribution in [2.75, 3.05) is 6.61 Å². The summed E-state index contributed by atoms with van der Waals surface area (Å²) in [5.41, 5.74) is 0. The fourth-order valence-corrected chi connectivity index (χ4v) is 3.93. The van der Waals surface area contributed by atoms with Gasteiger partial charge in [-0.1, -0.05) is 6.07 Å². The molecule has 0 radical (unpaired) electrons. The minimum absolute atomic E-state index is 0.235. The van der Waals surface area contributed by atoms with Crippen LogP contribution in [0.2, 0.25) is 0 Å². The predicted octanol–water partition coefficient (Wildman–Crippen LogP) is 1.85. The third kappa shape index (κ3) is 8.43. The van der Waals surface area contributed by atoms with E-state index in [0.29, 0.717) is 0 Å². The average molecular weight is 483 g/mol. The van der Waals surface area contributed by atoms with Crippen molar-refractivity contribution in [2.24, 2.45) is 0 Å². The first kappa shape index (κ1) is 26.2. The Morgan fingerprint density at radius 3 is 1.97 bits per heavy atom. The molecule has 1 saturated heterocycles. The molecule has 1 fully saturated rings. The molecule has 0 N–H and O–H groups in total. The lowest BCUT2D eigenvalue weighted by molar-refractivity contribution is -0.252. The number of esters is 4. The Hall–Kier alpha value is -3.05. The molecule has 0 saturated carbocycles. The maximum atomic E-state index is 12.6. The zero-order valence-corrected chi connectivity index (χ0v) is 19.5. The number of allylic oxidation sites excluding steroid dienone is 1. The van der Waals surface area contributed by atoms with E-state index in [4.69, 9.17) is 23.7 Å². The van der Waals surface area contributed by atoms with Gasteiger partial charge < -0.3 is 23.7 Å². The largest absolute Gasteiger partial charge is 0.463 e. The molecule has 33 heavy (non-hydrogen) atoms. The summed E-state index contributed by atoms with van der Waals surface area (Å²) in [6, 6.07) is 3.68. The van der Waals surface area contributed by atoms with Crippen molar-refractivity contribution in [1.82, 2.24) is 0 Å². The van der Waals surface area contributed by atoms with Crippen molar-refractivity contribution in [3.05, 3.63) is 28.5 Å². The minimum atomic E-state index is -1.29. The van der Waals surface area contributed by atoms with Gasteiger partial charge in [0.1, 0.15) is 18.8 Å². The maximum Gasteiger partial charge on any atom is 0.303 e. The van der Waals surface area contributed by atoms with Crippen LogP contribution in [0.15, 0.2) is 23.6 Å². The summed E-state index contributed by atoms with van der Waals surface area (Å²) in [5.74, 6) is -3.12. The number of hydrogen-bond donors (Lipinski definition) is 0. The molecule has 1 aromatic rings. The Labute approximate surface area is 194 Å². The van der Waals surface area contributed by atoms with Crippen LogP contribution in [0.1, 0.15) is 39.0 Å². The second-order valence-electron chi connectivity index (χ2n) is 7.26. The quantitative estimate of drug-likeness (QED) is 0.292. The third-order valence-corrected chi connectivity index (χ3v) is 5.30. The molecule has 10 nitrogen and oxygen atoms in total. The molecule has 180 valence electrons. The van der Waals surface area contributed by atoms with Crippen molar-refractivity contribution in [2.45, 2.75) is 64.6 Å². The molecule has 5 atom stereocenters. The van der Waals surface area contributed by atoms with Crippen LogP contribution in [0, 0.1) is 0 Å². The highest BCUT2D eigenvalue weighted by molar-refractivity contribution is 7.10. The molecule has 0 unspecified atom stereocenters. The van der Waals surface area contributed by atoms with Crippen LogP contribution in [0.3, 0.4) is 0 Å². The lowest BCUT2D eigenvalue weighted by atomic mass is 9.91. The fourth-order valence-electron chi connectivity index (χ4n) is 3.31. The van der Waals surface area contributed by atoms with Gasteiger partial charge in [0, 0.05) is 39.0 Å². The zero-order chi connectivity index (χ0) is 24.5. The second-order valence-corrected chi connectivity index (χ2v) is 8.24. The summed E-state index contributed by atoms with van der Waals surface area (Å²) in [5, 5.41) is 1.86. The van der Waals surface area contributed by atoms with Crippen molar-refractivity contribution in [3.63, 3.8) is 0 Å². The Bertz CT molecular complexity index is 891. The number of thiophene rings is 1. The van der Waals surface area contributed by atoms with Crippen molar-refractivity contribution >= 4 is 47.1 Å². The second kappa shape index (κ2) is 12.3. The van der Waals surface area contributed by atoms with Gasteiger partial charge in [0.15, 0.2) is 24.1 Å². The number of rotatable bonds is 9. The van der Waals surface area contributed by atoms with Crippen molar-refractivity contribution in [3.8, 4) is 0 Å². The van der Waals surface area contributed by atoms with Gasteiger partial charge in [-0.25, -0.2) is 0 Å². The van der Waals surface area contributed by atoms with Gasteiger partial charge in [-0.05, 0) is 23.6 Å². The summed E-state index contributed by atoms with van der Waals surface area (Å²) in [7, 11) is 0. The molecular weight excluding hydrogens is 456 g/mol. The van der Waals surface area contributed by atoms with E-state index in [1.54, 1.807) is 6.08 Å². The molecule has 0 bridgehead atoms. The van der Waals surface area contributed by atoms with E-state index >= 15 is 0 Å². The van der Waals surface area contributed by atoms with Gasteiger partial charge in [0.2, 0.25) is 0 Å². The van der Waals surface area contributed by atoms with E-state index in [1.807, 2.05) is 17.5 Å². The molecular formula is C22H26O10S. The predicted molar refractivity (Wildman–Crippen MR) is 115 cm³/mol. The minimum Gasteiger partial charge on any atom is -0.463 e. The molecule has 0 spiro atoms. The number of carbonyl (C=O) groups excluding carboxylic acids is 5. The molecule has 0 amide bonds. The van der Waals surface area contributed by atoms with Crippen LogP contribution in [0.4, 0.5) is 0 Å². The summed E-state index contributed by atoms with van der Waals surface area (Å²) in [6.07, 6.45) is -3.16. The van der Waals surface area contributed by atoms with Crippen LogP contribution in [0.5, 0.6) is 0 Å². The van der Waals surface area contributed by atoms with E-state index in [0.717, 1.165) is 25.6 Å². The molecule has 2 rings (SSSR count). The molecule has 1 aromatic heterocycles. The highest BCUT2D eigenvalue weighted by Crippen LogP contribution is 2.31. The number of hydrogen-bond acceptors (Lipinski definition) is 11. The van der Waals surface area contributed by atoms with Gasteiger partial charge in [-0.15, -0.1) is 11.3 Å². The van der Waals surface area contributed by atoms with Gasteiger partial charge in [-0.2, -0.15) is 0 Å². The smallest absolute Gasteiger partial charge is 0.303 e. The number of ether oxygens (including phenoxy) is 5. The normalized spacial score (nSPS) is 24.7. The molecule has 11 heteroatoms. The summed E-state index contributed by atoms with van der Waals surface area (Å²) >= 11 is 1.45. The molecule has 0 aliphatic carbocycles. The topological polar surface area (TPSA) is 132 Å². The van der Waals surface area contributed by atoms with Gasteiger partial charge >= 0.3 is 23.9 Å². The monoisotopic (exact) mass is 482 g/mol. The SMILES string of the molecule is CC(=O)OC[C@H]1O[C@@H](CC(=O)/C=C/c2cccs2)[C@H](OC(C)=O)[C@@H](OC(C)=O)[C@@H]1OC(C)=O. The van der Waals surface area contributed by atoms with E-state index < -0.39 is 54.4 Å². The molecule has 0 aromatic carbocycles. The molecule has 1 aliphatic heterocycles. The van der Waals surface area contributed by atoms with E-state index in [-0.39, 0.29) is 18.8 Å². The number of ketones is 1. The lowest BCUT2D eigenvalue weighted by Gasteiger charge is -2.44. The highest BCUT2D eigenvalue weighted by atomic mass is 32.1. The molecule has 2 heterocycles. The Morgan fingerprint density at radius 2 is 1.45 bits per heavy atom. The first-order valence-corrected chi connectivity index (χ1v) is 11.0. The first-order valence-electron chi connectivity index (χ1n) is 10.1. The number of carbonyl (C=O) groups is 5. The van der Waals surface area contributed by atoms with E-state index in [9.17, 15) is 24.0 Å². The Morgan fingerprint density at radius 1 is 0.879 bits per heavy atom. The highest BCUT2D eigenvalue weighted by Gasteiger charge is 2.52. The van der Waals surface area contributed by atoms with Crippen molar-refractivity contribution < 1.29 is 47.7 Å². The van der Waals surface area contributed by atoms with Gasteiger partial charge in [0.25, 0.3) is 0 Å². The standard InChI is InChI=1S/C22H26O10S/c1-12(23)28-11-19-21(30-14(3)25)22(31-15(4)26)20(29-13(2)24)18(32-19)10-16(27)7-8-17-6-5-9-33-17/h5-9,18-22H,10-11H2,1-4H3/b8-7+/t18-,19+,20-,21+,22+/m0/s1. The third-order valence-electron chi connectivity index (χ3n) is 4.47. The van der Waals surface area contributed by atoms with Gasteiger partial charge in [-0.3, -0.25) is 24.0 Å². The van der Waals surface area contributed by atoms with Crippen LogP contribution in [0.25, 0.3) is 6.08 Å². The summed E-state index contributed by atoms with van der Waals surface area (Å²) in [4.78, 5) is 60.1. The maximum absolute atomic E-state index is 12.6. The summed E-state index contributed by atoms with van der Waals surface area (Å²) < 4.78 is 26.9. The van der Waals surface area contributed by atoms with E-state index in [2.05, 4.69) is 0 Å². The Kier molecular flexibility index (Phi) is 9.74.